The first-order valence-electron chi connectivity index (χ1n) is 5.92. The minimum atomic E-state index is 0.718. The van der Waals surface area contributed by atoms with Crippen molar-refractivity contribution in [3.63, 3.8) is 0 Å². The molecule has 0 saturated carbocycles. The monoisotopic (exact) mass is 222 g/mol. The molecule has 1 aromatic carbocycles. The number of anilines is 1. The molecule has 0 aliphatic rings. The summed E-state index contributed by atoms with van der Waals surface area (Å²) in [5.41, 5.74) is 1.22. The van der Waals surface area contributed by atoms with E-state index in [2.05, 4.69) is 36.3 Å². The molecule has 0 bridgehead atoms. The maximum absolute atomic E-state index is 5.41. The van der Waals surface area contributed by atoms with E-state index in [1.165, 1.54) is 5.69 Å². The van der Waals surface area contributed by atoms with E-state index in [-0.39, 0.29) is 0 Å². The molecule has 16 heavy (non-hydrogen) atoms. The van der Waals surface area contributed by atoms with Crippen LogP contribution >= 0.6 is 0 Å². The second kappa shape index (κ2) is 7.12. The van der Waals surface area contributed by atoms with Gasteiger partial charge in [-0.25, -0.2) is 0 Å². The van der Waals surface area contributed by atoms with E-state index in [0.717, 1.165) is 32.0 Å². The largest absolute Gasteiger partial charge is 0.494 e. The Hall–Kier alpha value is -1.22. The van der Waals surface area contributed by atoms with Gasteiger partial charge in [0.05, 0.1) is 6.61 Å². The molecule has 3 heteroatoms. The van der Waals surface area contributed by atoms with Crippen LogP contribution in [0.25, 0.3) is 0 Å². The van der Waals surface area contributed by atoms with Gasteiger partial charge in [-0.1, -0.05) is 6.92 Å². The molecule has 0 spiro atoms. The zero-order valence-corrected chi connectivity index (χ0v) is 10.5. The van der Waals surface area contributed by atoms with Gasteiger partial charge in [-0.05, 0) is 37.7 Å². The van der Waals surface area contributed by atoms with E-state index in [1.807, 2.05) is 19.1 Å². The summed E-state index contributed by atoms with van der Waals surface area (Å²) in [5, 5.41) is 3.31. The first kappa shape index (κ1) is 12.8. The molecule has 0 radical (unpaired) electrons. The van der Waals surface area contributed by atoms with E-state index in [1.54, 1.807) is 0 Å². The summed E-state index contributed by atoms with van der Waals surface area (Å²) in [6.45, 7) is 7.89. The molecule has 0 atom stereocenters. The van der Waals surface area contributed by atoms with Crippen molar-refractivity contribution < 1.29 is 4.74 Å². The van der Waals surface area contributed by atoms with E-state index in [4.69, 9.17) is 4.74 Å². The fourth-order valence-corrected chi connectivity index (χ4v) is 1.52. The second-order valence-electron chi connectivity index (χ2n) is 3.70. The van der Waals surface area contributed by atoms with Crippen molar-refractivity contribution in [2.75, 3.05) is 38.2 Å². The highest BCUT2D eigenvalue weighted by atomic mass is 16.5. The topological polar surface area (TPSA) is 24.5 Å². The van der Waals surface area contributed by atoms with Gasteiger partial charge in [0.2, 0.25) is 0 Å². The van der Waals surface area contributed by atoms with Crippen LogP contribution in [-0.2, 0) is 0 Å². The summed E-state index contributed by atoms with van der Waals surface area (Å²) in [7, 11) is 2.10. The average Bonchev–Trinajstić information content (AvgIpc) is 2.30. The number of benzene rings is 1. The summed E-state index contributed by atoms with van der Waals surface area (Å²) in [6.07, 6.45) is 0. The third kappa shape index (κ3) is 4.11. The van der Waals surface area contributed by atoms with Crippen LogP contribution < -0.4 is 15.0 Å². The SMILES string of the molecule is CCNCCN(C)c1ccc(OCC)cc1. The molecule has 0 saturated heterocycles. The molecule has 0 aromatic heterocycles. The Labute approximate surface area is 98.4 Å². The van der Waals surface area contributed by atoms with E-state index < -0.39 is 0 Å². The smallest absolute Gasteiger partial charge is 0.119 e. The lowest BCUT2D eigenvalue weighted by Gasteiger charge is -2.19. The molecule has 1 rings (SSSR count). The Balaban J connectivity index is 2.46. The Bertz CT molecular complexity index is 284. The third-order valence-electron chi connectivity index (χ3n) is 2.46. The van der Waals surface area contributed by atoms with E-state index in [0.29, 0.717) is 0 Å². The van der Waals surface area contributed by atoms with Gasteiger partial charge in [-0.3, -0.25) is 0 Å². The van der Waals surface area contributed by atoms with E-state index >= 15 is 0 Å². The van der Waals surface area contributed by atoms with Gasteiger partial charge in [-0.2, -0.15) is 0 Å². The van der Waals surface area contributed by atoms with Crippen LogP contribution in [0.2, 0.25) is 0 Å². The van der Waals surface area contributed by atoms with E-state index in [9.17, 15) is 0 Å². The lowest BCUT2D eigenvalue weighted by molar-refractivity contribution is 0.340. The zero-order chi connectivity index (χ0) is 11.8. The molecule has 0 heterocycles. The van der Waals surface area contributed by atoms with Crippen LogP contribution in [-0.4, -0.2) is 33.3 Å². The third-order valence-corrected chi connectivity index (χ3v) is 2.46. The lowest BCUT2D eigenvalue weighted by Crippen LogP contribution is -2.28. The van der Waals surface area contributed by atoms with Crippen molar-refractivity contribution in [2.45, 2.75) is 13.8 Å². The maximum atomic E-state index is 5.41. The normalized spacial score (nSPS) is 10.2. The Morgan fingerprint density at radius 2 is 1.88 bits per heavy atom. The minimum Gasteiger partial charge on any atom is -0.494 e. The highest BCUT2D eigenvalue weighted by Gasteiger charge is 2.00. The van der Waals surface area contributed by atoms with Crippen molar-refractivity contribution in [3.8, 4) is 5.75 Å². The van der Waals surface area contributed by atoms with Crippen LogP contribution in [0.15, 0.2) is 24.3 Å². The van der Waals surface area contributed by atoms with Crippen LogP contribution in [0.4, 0.5) is 5.69 Å². The Morgan fingerprint density at radius 3 is 2.44 bits per heavy atom. The average molecular weight is 222 g/mol. The predicted molar refractivity (Wildman–Crippen MR) is 69.4 cm³/mol. The summed E-state index contributed by atoms with van der Waals surface area (Å²) in [4.78, 5) is 2.23. The maximum Gasteiger partial charge on any atom is 0.119 e. The number of nitrogens with one attached hydrogen (secondary N) is 1. The molecule has 0 unspecified atom stereocenters. The van der Waals surface area contributed by atoms with Gasteiger partial charge in [0, 0.05) is 25.8 Å². The van der Waals surface area contributed by atoms with Gasteiger partial charge < -0.3 is 15.0 Å². The van der Waals surface area contributed by atoms with Gasteiger partial charge in [0.25, 0.3) is 0 Å². The molecular weight excluding hydrogens is 200 g/mol. The van der Waals surface area contributed by atoms with Crippen molar-refractivity contribution >= 4 is 5.69 Å². The van der Waals surface area contributed by atoms with Crippen molar-refractivity contribution in [3.05, 3.63) is 24.3 Å². The van der Waals surface area contributed by atoms with Crippen LogP contribution in [0, 0.1) is 0 Å². The standard InChI is InChI=1S/C13H22N2O/c1-4-14-10-11-15(3)12-6-8-13(9-7-12)16-5-2/h6-9,14H,4-5,10-11H2,1-3H3. The molecule has 0 aliphatic heterocycles. The van der Waals surface area contributed by atoms with Crippen LogP contribution in [0.1, 0.15) is 13.8 Å². The summed E-state index contributed by atoms with van der Waals surface area (Å²) < 4.78 is 5.41. The van der Waals surface area contributed by atoms with Crippen molar-refractivity contribution in [1.82, 2.24) is 5.32 Å². The first-order chi connectivity index (χ1) is 7.77. The summed E-state index contributed by atoms with van der Waals surface area (Å²) in [5.74, 6) is 0.936. The number of hydrogen-bond acceptors (Lipinski definition) is 3. The summed E-state index contributed by atoms with van der Waals surface area (Å²) >= 11 is 0. The molecule has 90 valence electrons. The molecular formula is C13H22N2O. The zero-order valence-electron chi connectivity index (χ0n) is 10.5. The van der Waals surface area contributed by atoms with Gasteiger partial charge >= 0.3 is 0 Å². The second-order valence-corrected chi connectivity index (χ2v) is 3.70. The molecule has 1 aromatic rings. The number of hydrogen-bond donors (Lipinski definition) is 1. The molecule has 0 aliphatic carbocycles. The molecule has 1 N–H and O–H groups in total. The first-order valence-corrected chi connectivity index (χ1v) is 5.92. The van der Waals surface area contributed by atoms with Crippen LogP contribution in [0.5, 0.6) is 5.75 Å². The number of ether oxygens (including phenoxy) is 1. The molecule has 3 nitrogen and oxygen atoms in total. The van der Waals surface area contributed by atoms with Crippen LogP contribution in [0.3, 0.4) is 0 Å². The van der Waals surface area contributed by atoms with Gasteiger partial charge in [0.1, 0.15) is 5.75 Å². The highest BCUT2D eigenvalue weighted by Crippen LogP contribution is 2.17. The minimum absolute atomic E-state index is 0.718. The predicted octanol–water partition coefficient (Wildman–Crippen LogP) is 2.13. The van der Waals surface area contributed by atoms with Gasteiger partial charge in [0.15, 0.2) is 0 Å². The fourth-order valence-electron chi connectivity index (χ4n) is 1.52. The Morgan fingerprint density at radius 1 is 1.19 bits per heavy atom. The van der Waals surface area contributed by atoms with Crippen molar-refractivity contribution in [1.29, 1.82) is 0 Å². The lowest BCUT2D eigenvalue weighted by atomic mass is 10.3. The highest BCUT2D eigenvalue weighted by molar-refractivity contribution is 5.48. The van der Waals surface area contributed by atoms with Gasteiger partial charge in [-0.15, -0.1) is 0 Å². The fraction of sp³-hybridized carbons (Fsp3) is 0.538. The molecule has 0 fully saturated rings. The van der Waals surface area contributed by atoms with Crippen molar-refractivity contribution in [2.24, 2.45) is 0 Å². The number of nitrogens with zero attached hydrogens (tertiary/aromatic N) is 1. The summed E-state index contributed by atoms with van der Waals surface area (Å²) in [6, 6.07) is 8.22. The number of rotatable bonds is 7. The molecule has 0 amide bonds. The Kier molecular flexibility index (Phi) is 5.72. The number of likely N-dealkylation sites (N-methyl/N-ethyl adjacent to an activating group) is 2. The quantitative estimate of drug-likeness (QED) is 0.715.